The van der Waals surface area contributed by atoms with Crippen LogP contribution in [0.15, 0.2) is 68.5 Å². The number of rotatable bonds is 5. The molecular weight excluding hydrogens is 509 g/mol. The summed E-state index contributed by atoms with van der Waals surface area (Å²) in [7, 11) is -3.74. The van der Waals surface area contributed by atoms with Crippen molar-refractivity contribution in [3.8, 4) is 0 Å². The second-order valence-corrected chi connectivity index (χ2v) is 11.3. The number of benzene rings is 2. The molecule has 4 rings (SSSR count). The molecule has 0 bridgehead atoms. The summed E-state index contributed by atoms with van der Waals surface area (Å²) in [5, 5.41) is 3.94. The standard InChI is InChI=1S/C21H15Cl2N3O3S3/c1-30-21-24-8-7-12(25-21)9-19-20(27)26-17-10-13(5-6-18(17)31-19)32(28,29)11-14-15(22)3-2-4-16(14)23/h2-10H,11H2,1H3,(H,26,27). The molecule has 11 heteroatoms. The van der Waals surface area contributed by atoms with Crippen molar-refractivity contribution in [2.45, 2.75) is 20.7 Å². The number of carbonyl (C=O) groups excluding carboxylic acids is 1. The molecule has 1 amide bonds. The van der Waals surface area contributed by atoms with Gasteiger partial charge in [0, 0.05) is 26.7 Å². The van der Waals surface area contributed by atoms with Gasteiger partial charge in [-0.05, 0) is 48.7 Å². The van der Waals surface area contributed by atoms with Crippen molar-refractivity contribution in [3.63, 3.8) is 0 Å². The van der Waals surface area contributed by atoms with E-state index < -0.39 is 9.84 Å². The monoisotopic (exact) mass is 523 g/mol. The minimum atomic E-state index is -3.74. The molecule has 1 aliphatic heterocycles. The van der Waals surface area contributed by atoms with E-state index in [1.54, 1.807) is 42.6 Å². The number of nitrogens with zero attached hydrogens (tertiary/aromatic N) is 2. The van der Waals surface area contributed by atoms with Crippen molar-refractivity contribution < 1.29 is 13.2 Å². The van der Waals surface area contributed by atoms with E-state index in [1.165, 1.54) is 35.7 Å². The van der Waals surface area contributed by atoms with Gasteiger partial charge in [0.15, 0.2) is 15.0 Å². The molecule has 0 radical (unpaired) electrons. The Labute approximate surface area is 203 Å². The van der Waals surface area contributed by atoms with Gasteiger partial charge in [-0.25, -0.2) is 18.4 Å². The highest BCUT2D eigenvalue weighted by molar-refractivity contribution is 8.04. The molecule has 0 atom stereocenters. The van der Waals surface area contributed by atoms with Gasteiger partial charge in [0.2, 0.25) is 0 Å². The summed E-state index contributed by atoms with van der Waals surface area (Å²) in [4.78, 5) is 22.3. The molecule has 2 heterocycles. The maximum Gasteiger partial charge on any atom is 0.262 e. The van der Waals surface area contributed by atoms with Crippen molar-refractivity contribution >= 4 is 74.2 Å². The number of hydrogen-bond donors (Lipinski definition) is 1. The number of hydrogen-bond acceptors (Lipinski definition) is 7. The third kappa shape index (κ3) is 4.97. The maximum atomic E-state index is 13.0. The van der Waals surface area contributed by atoms with Crippen LogP contribution in [0.1, 0.15) is 11.3 Å². The third-order valence-electron chi connectivity index (χ3n) is 4.51. The summed E-state index contributed by atoms with van der Waals surface area (Å²) in [6, 6.07) is 11.2. The number of nitrogens with one attached hydrogen (secondary N) is 1. The van der Waals surface area contributed by atoms with Crippen molar-refractivity contribution in [2.24, 2.45) is 0 Å². The quantitative estimate of drug-likeness (QED) is 0.265. The molecule has 0 unspecified atom stereocenters. The van der Waals surface area contributed by atoms with Crippen LogP contribution >= 0.6 is 46.7 Å². The van der Waals surface area contributed by atoms with Gasteiger partial charge < -0.3 is 5.32 Å². The van der Waals surface area contributed by atoms with E-state index in [-0.39, 0.29) is 26.6 Å². The van der Waals surface area contributed by atoms with Crippen LogP contribution in [0.4, 0.5) is 5.69 Å². The number of carbonyl (C=O) groups is 1. The normalized spacial score (nSPS) is 14.8. The van der Waals surface area contributed by atoms with Crippen LogP contribution < -0.4 is 5.32 Å². The number of thioether (sulfide) groups is 2. The van der Waals surface area contributed by atoms with Gasteiger partial charge in [0.05, 0.1) is 26.9 Å². The fourth-order valence-electron chi connectivity index (χ4n) is 2.94. The molecule has 0 saturated carbocycles. The Bertz CT molecular complexity index is 1340. The van der Waals surface area contributed by atoms with E-state index in [0.717, 1.165) is 4.90 Å². The summed E-state index contributed by atoms with van der Waals surface area (Å²) >= 11 is 14.9. The van der Waals surface area contributed by atoms with Gasteiger partial charge in [0.25, 0.3) is 5.91 Å². The fourth-order valence-corrected chi connectivity index (χ4v) is 6.34. The van der Waals surface area contributed by atoms with Crippen LogP contribution in [0.2, 0.25) is 10.0 Å². The minimum absolute atomic E-state index is 0.0704. The first-order chi connectivity index (χ1) is 15.3. The topological polar surface area (TPSA) is 89.0 Å². The second kappa shape index (κ2) is 9.44. The zero-order chi connectivity index (χ0) is 22.9. The summed E-state index contributed by atoms with van der Waals surface area (Å²) in [5.74, 6) is -0.683. The average Bonchev–Trinajstić information content (AvgIpc) is 2.77. The number of halogens is 2. The van der Waals surface area contributed by atoms with Gasteiger partial charge in [-0.3, -0.25) is 4.79 Å². The number of sulfone groups is 1. The second-order valence-electron chi connectivity index (χ2n) is 6.65. The molecule has 1 aromatic heterocycles. The number of anilines is 1. The highest BCUT2D eigenvalue weighted by Crippen LogP contribution is 2.40. The van der Waals surface area contributed by atoms with E-state index >= 15 is 0 Å². The zero-order valence-corrected chi connectivity index (χ0v) is 20.5. The Hall–Kier alpha value is -2.04. The van der Waals surface area contributed by atoms with Gasteiger partial charge in [-0.2, -0.15) is 0 Å². The molecule has 164 valence electrons. The molecular formula is C21H15Cl2N3O3S3. The van der Waals surface area contributed by atoms with Crippen LogP contribution in [0.3, 0.4) is 0 Å². The Balaban J connectivity index is 1.62. The lowest BCUT2D eigenvalue weighted by atomic mass is 10.2. The molecule has 32 heavy (non-hydrogen) atoms. The zero-order valence-electron chi connectivity index (χ0n) is 16.5. The van der Waals surface area contributed by atoms with Gasteiger partial charge in [-0.15, -0.1) is 0 Å². The molecule has 0 aliphatic carbocycles. The molecule has 0 spiro atoms. The lowest BCUT2D eigenvalue weighted by molar-refractivity contribution is -0.112. The summed E-state index contributed by atoms with van der Waals surface area (Å²) < 4.78 is 25.9. The molecule has 0 fully saturated rings. The Morgan fingerprint density at radius 2 is 1.91 bits per heavy atom. The fraction of sp³-hybridized carbons (Fsp3) is 0.0952. The van der Waals surface area contributed by atoms with Crippen LogP contribution in [0, 0.1) is 0 Å². The highest BCUT2D eigenvalue weighted by Gasteiger charge is 2.25. The number of fused-ring (bicyclic) bond motifs is 1. The molecule has 6 nitrogen and oxygen atoms in total. The summed E-state index contributed by atoms with van der Waals surface area (Å²) in [6.45, 7) is 0. The van der Waals surface area contributed by atoms with Gasteiger partial charge in [-0.1, -0.05) is 52.8 Å². The average molecular weight is 524 g/mol. The number of aromatic nitrogens is 2. The first-order valence-corrected chi connectivity index (χ1v) is 13.6. The largest absolute Gasteiger partial charge is 0.320 e. The van der Waals surface area contributed by atoms with E-state index in [2.05, 4.69) is 15.3 Å². The first-order valence-electron chi connectivity index (χ1n) is 9.14. The molecule has 0 saturated heterocycles. The molecule has 2 aromatic carbocycles. The van der Waals surface area contributed by atoms with Crippen molar-refractivity contribution in [2.75, 3.05) is 11.6 Å². The van der Waals surface area contributed by atoms with E-state index in [0.29, 0.717) is 27.0 Å². The predicted octanol–water partition coefficient (Wildman–Crippen LogP) is 5.56. The van der Waals surface area contributed by atoms with Crippen LogP contribution in [-0.4, -0.2) is 30.5 Å². The van der Waals surface area contributed by atoms with Crippen molar-refractivity contribution in [1.82, 2.24) is 9.97 Å². The van der Waals surface area contributed by atoms with Crippen LogP contribution in [0.5, 0.6) is 0 Å². The summed E-state index contributed by atoms with van der Waals surface area (Å²) in [5.41, 5.74) is 1.38. The molecule has 3 aromatic rings. The first kappa shape index (κ1) is 23.1. The van der Waals surface area contributed by atoms with Crippen LogP contribution in [0.25, 0.3) is 6.08 Å². The minimum Gasteiger partial charge on any atom is -0.320 e. The smallest absolute Gasteiger partial charge is 0.262 e. The van der Waals surface area contributed by atoms with E-state index in [9.17, 15) is 13.2 Å². The third-order valence-corrected chi connectivity index (χ3v) is 8.52. The predicted molar refractivity (Wildman–Crippen MR) is 130 cm³/mol. The summed E-state index contributed by atoms with van der Waals surface area (Å²) in [6.07, 6.45) is 5.18. The van der Waals surface area contributed by atoms with Crippen LogP contribution in [-0.2, 0) is 20.4 Å². The van der Waals surface area contributed by atoms with E-state index in [4.69, 9.17) is 23.2 Å². The Morgan fingerprint density at radius 1 is 1.16 bits per heavy atom. The Kier molecular flexibility index (Phi) is 6.83. The highest BCUT2D eigenvalue weighted by atomic mass is 35.5. The lowest BCUT2D eigenvalue weighted by Crippen LogP contribution is -2.18. The van der Waals surface area contributed by atoms with Gasteiger partial charge >= 0.3 is 0 Å². The Morgan fingerprint density at radius 3 is 2.62 bits per heavy atom. The lowest BCUT2D eigenvalue weighted by Gasteiger charge is -2.19. The van der Waals surface area contributed by atoms with E-state index in [1.807, 2.05) is 6.26 Å². The molecule has 1 aliphatic rings. The number of amides is 1. The van der Waals surface area contributed by atoms with Crippen molar-refractivity contribution in [1.29, 1.82) is 0 Å². The SMILES string of the molecule is CSc1nccc(C=C2Sc3ccc(S(=O)(=O)Cc4c(Cl)cccc4Cl)cc3NC2=O)n1. The van der Waals surface area contributed by atoms with Crippen molar-refractivity contribution in [3.05, 3.63) is 74.9 Å². The molecule has 1 N–H and O–H groups in total. The maximum absolute atomic E-state index is 13.0. The van der Waals surface area contributed by atoms with Gasteiger partial charge in [0.1, 0.15) is 0 Å².